The maximum Gasteiger partial charge on any atom is 0.185 e. The maximum absolute atomic E-state index is 10.7. The Morgan fingerprint density at radius 3 is 2.29 bits per heavy atom. The maximum atomic E-state index is 10.7. The van der Waals surface area contributed by atoms with Gasteiger partial charge in [0.2, 0.25) is 0 Å². The van der Waals surface area contributed by atoms with Crippen molar-refractivity contribution >= 4 is 0 Å². The zero-order chi connectivity index (χ0) is 21.0. The summed E-state index contributed by atoms with van der Waals surface area (Å²) in [5.74, 6) is 0.150. The Balaban J connectivity index is 2.29. The molecule has 1 heterocycles. The van der Waals surface area contributed by atoms with Crippen molar-refractivity contribution in [2.45, 2.75) is 89.1 Å². The van der Waals surface area contributed by atoms with E-state index in [1.165, 1.54) is 0 Å². The third kappa shape index (κ3) is 5.78. The Bertz CT molecular complexity index is 575. The molecule has 0 amide bonds. The Hall–Kier alpha value is -0.960. The zero-order valence-electron chi connectivity index (χ0n) is 17.5. The number of rotatable bonds is 1. The fraction of sp³-hybridized carbons (Fsp3) is 0.810. The average Bonchev–Trinajstić information content (AvgIpc) is 2.63. The fourth-order valence-electron chi connectivity index (χ4n) is 3.90. The van der Waals surface area contributed by atoms with Gasteiger partial charge in [0.05, 0.1) is 18.3 Å². The van der Waals surface area contributed by atoms with Gasteiger partial charge in [-0.15, -0.1) is 0 Å². The van der Waals surface area contributed by atoms with E-state index in [0.717, 1.165) is 5.57 Å². The van der Waals surface area contributed by atoms with Gasteiger partial charge >= 0.3 is 0 Å². The van der Waals surface area contributed by atoms with Gasteiger partial charge in [0.1, 0.15) is 11.9 Å². The predicted octanol–water partition coefficient (Wildman–Crippen LogP) is 1.47. The molecule has 0 radical (unpaired) electrons. The monoisotopic (exact) mass is 399 g/mol. The summed E-state index contributed by atoms with van der Waals surface area (Å²) in [4.78, 5) is 2.00. The van der Waals surface area contributed by atoms with Gasteiger partial charge in [0, 0.05) is 18.0 Å². The van der Waals surface area contributed by atoms with E-state index in [1.807, 2.05) is 38.9 Å². The summed E-state index contributed by atoms with van der Waals surface area (Å²) in [5.41, 5.74) is 1.22. The number of aliphatic hydroxyl groups excluding tert-OH is 5. The van der Waals surface area contributed by atoms with Crippen LogP contribution in [0.25, 0.3) is 0 Å². The molecule has 0 spiro atoms. The van der Waals surface area contributed by atoms with Gasteiger partial charge in [0.25, 0.3) is 0 Å². The highest BCUT2D eigenvalue weighted by atomic mass is 16.6. The van der Waals surface area contributed by atoms with Gasteiger partial charge in [-0.05, 0) is 64.6 Å². The van der Waals surface area contributed by atoms with Crippen LogP contribution in [0.3, 0.4) is 0 Å². The summed E-state index contributed by atoms with van der Waals surface area (Å²) in [6.45, 7) is 3.80. The smallest absolute Gasteiger partial charge is 0.185 e. The lowest BCUT2D eigenvalue weighted by Gasteiger charge is -2.33. The first-order chi connectivity index (χ1) is 13.1. The normalized spacial score (nSPS) is 39.3. The van der Waals surface area contributed by atoms with Gasteiger partial charge in [-0.3, -0.25) is 0 Å². The highest BCUT2D eigenvalue weighted by Gasteiger charge is 2.31. The Kier molecular flexibility index (Phi) is 8.48. The molecule has 2 aliphatic rings. The topological polar surface area (TPSA) is 114 Å². The minimum Gasteiger partial charge on any atom is -0.512 e. The molecule has 7 atom stereocenters. The van der Waals surface area contributed by atoms with Gasteiger partial charge in [-0.2, -0.15) is 0 Å². The predicted molar refractivity (Wildman–Crippen MR) is 107 cm³/mol. The second kappa shape index (κ2) is 10.2. The summed E-state index contributed by atoms with van der Waals surface area (Å²) in [7, 11) is 3.86. The third-order valence-electron chi connectivity index (χ3n) is 6.16. The lowest BCUT2D eigenvalue weighted by atomic mass is 9.87. The van der Waals surface area contributed by atoms with E-state index in [0.29, 0.717) is 44.1 Å². The molecule has 1 fully saturated rings. The molecule has 1 aliphatic heterocycles. The van der Waals surface area contributed by atoms with Gasteiger partial charge in [-0.1, -0.05) is 13.0 Å². The fourth-order valence-corrected chi connectivity index (χ4v) is 3.90. The molecule has 3 unspecified atom stereocenters. The lowest BCUT2D eigenvalue weighted by Crippen LogP contribution is -2.38. The van der Waals surface area contributed by atoms with Crippen LogP contribution in [0.1, 0.15) is 52.4 Å². The van der Waals surface area contributed by atoms with Crippen LogP contribution in [-0.4, -0.2) is 81.3 Å². The second-order valence-electron chi connectivity index (χ2n) is 8.55. The number of aliphatic hydroxyl groups is 5. The lowest BCUT2D eigenvalue weighted by molar-refractivity contribution is -0.125. The van der Waals surface area contributed by atoms with E-state index >= 15 is 0 Å². The van der Waals surface area contributed by atoms with Crippen molar-refractivity contribution in [2.75, 3.05) is 14.1 Å². The van der Waals surface area contributed by atoms with Crippen LogP contribution in [-0.2, 0) is 4.74 Å². The molecule has 1 aliphatic carbocycles. The van der Waals surface area contributed by atoms with Crippen molar-refractivity contribution < 1.29 is 30.3 Å². The molecule has 0 aromatic rings. The van der Waals surface area contributed by atoms with Crippen LogP contribution >= 0.6 is 0 Å². The van der Waals surface area contributed by atoms with E-state index in [-0.39, 0.29) is 23.8 Å². The van der Waals surface area contributed by atoms with E-state index in [2.05, 4.69) is 0 Å². The van der Waals surface area contributed by atoms with Crippen LogP contribution in [0.2, 0.25) is 0 Å². The summed E-state index contributed by atoms with van der Waals surface area (Å²) >= 11 is 0. The van der Waals surface area contributed by atoms with Crippen molar-refractivity contribution in [3.8, 4) is 0 Å². The van der Waals surface area contributed by atoms with Gasteiger partial charge < -0.3 is 35.2 Å². The van der Waals surface area contributed by atoms with Crippen molar-refractivity contribution in [1.29, 1.82) is 0 Å². The highest BCUT2D eigenvalue weighted by Crippen LogP contribution is 2.33. The van der Waals surface area contributed by atoms with E-state index < -0.39 is 24.6 Å². The molecule has 5 N–H and O–H groups in total. The Labute approximate surface area is 167 Å². The van der Waals surface area contributed by atoms with Crippen LogP contribution < -0.4 is 0 Å². The molecule has 0 bridgehead atoms. The molecule has 28 heavy (non-hydrogen) atoms. The third-order valence-corrected chi connectivity index (χ3v) is 6.16. The highest BCUT2D eigenvalue weighted by molar-refractivity contribution is 5.40. The molecular weight excluding hydrogens is 362 g/mol. The standard InChI is InChI=1S/C21H37NO6/c1-12-8-9-17(24)20(26)16(23)7-5-6-14-10-15(22(3)4)11-18(25)19(14)21(27)28-13(12)2/h10,12-13,15-17,20-21,23-27H,5-9,11H2,1-4H3/t12-,13+,15?,16+,17?,20+,21?/m1/s1. The Morgan fingerprint density at radius 2 is 1.64 bits per heavy atom. The first-order valence-corrected chi connectivity index (χ1v) is 10.3. The summed E-state index contributed by atoms with van der Waals surface area (Å²) < 4.78 is 5.82. The number of fused-ring (bicyclic) bond motifs is 1. The van der Waals surface area contributed by atoms with Crippen LogP contribution in [0.5, 0.6) is 0 Å². The van der Waals surface area contributed by atoms with Crippen molar-refractivity contribution in [2.24, 2.45) is 5.92 Å². The van der Waals surface area contributed by atoms with Crippen molar-refractivity contribution in [1.82, 2.24) is 4.90 Å². The van der Waals surface area contributed by atoms with E-state index in [4.69, 9.17) is 4.74 Å². The minimum atomic E-state index is -1.23. The Morgan fingerprint density at radius 1 is 1.00 bits per heavy atom. The minimum absolute atomic E-state index is 0.0125. The number of hydrogen-bond acceptors (Lipinski definition) is 7. The van der Waals surface area contributed by atoms with Crippen LogP contribution in [0, 0.1) is 5.92 Å². The summed E-state index contributed by atoms with van der Waals surface area (Å²) in [6.07, 6.45) is 0.0151. The molecule has 1 saturated heterocycles. The summed E-state index contributed by atoms with van der Waals surface area (Å²) in [5, 5.41) is 52.0. The molecule has 162 valence electrons. The average molecular weight is 400 g/mol. The number of hydrogen-bond donors (Lipinski definition) is 5. The van der Waals surface area contributed by atoms with Crippen molar-refractivity contribution in [3.05, 3.63) is 23.0 Å². The molecular formula is C21H37NO6. The molecule has 7 nitrogen and oxygen atoms in total. The first kappa shape index (κ1) is 23.3. The van der Waals surface area contributed by atoms with E-state index in [9.17, 15) is 25.5 Å². The van der Waals surface area contributed by atoms with Crippen LogP contribution in [0.4, 0.5) is 0 Å². The zero-order valence-corrected chi connectivity index (χ0v) is 17.5. The summed E-state index contributed by atoms with van der Waals surface area (Å²) in [6, 6.07) is 0.0125. The quantitative estimate of drug-likeness (QED) is 0.454. The van der Waals surface area contributed by atoms with Crippen LogP contribution in [0.15, 0.2) is 23.0 Å². The molecule has 0 saturated carbocycles. The van der Waals surface area contributed by atoms with Gasteiger partial charge in [-0.25, -0.2) is 0 Å². The molecule has 2 rings (SSSR count). The van der Waals surface area contributed by atoms with E-state index in [1.54, 1.807) is 0 Å². The number of likely N-dealkylation sites (N-methyl/N-ethyl adjacent to an activating group) is 1. The molecule has 0 aromatic carbocycles. The molecule has 0 aromatic heterocycles. The largest absolute Gasteiger partial charge is 0.512 e. The van der Waals surface area contributed by atoms with Gasteiger partial charge in [0.15, 0.2) is 6.29 Å². The second-order valence-corrected chi connectivity index (χ2v) is 8.55. The first-order valence-electron chi connectivity index (χ1n) is 10.3. The molecule has 7 heteroatoms. The number of ether oxygens (including phenoxy) is 1. The number of nitrogens with zero attached hydrogens (tertiary/aromatic N) is 1. The SMILES string of the molecule is C[C@@H]1CCC(O)[C@@H](O)[C@@H](O)CCCC2=CC(N(C)C)CC(O)=C2C(O)O[C@H]1C. The van der Waals surface area contributed by atoms with Crippen molar-refractivity contribution in [3.63, 3.8) is 0 Å².